The summed E-state index contributed by atoms with van der Waals surface area (Å²) in [5, 5.41) is 3.11. The molecule has 0 saturated heterocycles. The molecule has 2 amide bonds. The summed E-state index contributed by atoms with van der Waals surface area (Å²) >= 11 is 0. The van der Waals surface area contributed by atoms with E-state index in [0.717, 1.165) is 36.9 Å². The van der Waals surface area contributed by atoms with E-state index in [-0.39, 0.29) is 24.4 Å². The molecule has 0 spiro atoms. The number of nitrogens with one attached hydrogen (secondary N) is 2. The van der Waals surface area contributed by atoms with Crippen molar-refractivity contribution in [2.45, 2.75) is 38.1 Å². The van der Waals surface area contributed by atoms with Gasteiger partial charge in [-0.25, -0.2) is 0 Å². The number of benzene rings is 2. The van der Waals surface area contributed by atoms with Gasteiger partial charge in [-0.15, -0.1) is 0 Å². The number of anilines is 1. The van der Waals surface area contributed by atoms with Gasteiger partial charge in [0.25, 0.3) is 5.91 Å². The van der Waals surface area contributed by atoms with Gasteiger partial charge in [-0.05, 0) is 54.8 Å². The van der Waals surface area contributed by atoms with Crippen molar-refractivity contribution in [3.05, 3.63) is 72.4 Å². The highest BCUT2D eigenvalue weighted by Gasteiger charge is 2.24. The topological polar surface area (TPSA) is 74.4 Å². The van der Waals surface area contributed by atoms with E-state index in [4.69, 9.17) is 4.74 Å². The Morgan fingerprint density at radius 1 is 0.969 bits per heavy atom. The minimum absolute atomic E-state index is 0.0403. The molecule has 4 rings (SSSR count). The molecular weight excluding hydrogens is 402 g/mol. The molecule has 1 fully saturated rings. The average molecular weight is 432 g/mol. The minimum Gasteiger partial charge on any atom is -0.497 e. The Labute approximate surface area is 188 Å². The Kier molecular flexibility index (Phi) is 6.90. The van der Waals surface area contributed by atoms with Crippen LogP contribution in [0.25, 0.3) is 11.3 Å². The number of rotatable bonds is 7. The Hall–Kier alpha value is -3.54. The highest BCUT2D eigenvalue weighted by atomic mass is 16.5. The number of amides is 2. The summed E-state index contributed by atoms with van der Waals surface area (Å²) in [6.45, 7) is -0.0403. The lowest BCUT2D eigenvalue weighted by Gasteiger charge is -2.26. The maximum atomic E-state index is 13.5. The molecule has 0 unspecified atom stereocenters. The van der Waals surface area contributed by atoms with Crippen LogP contribution in [0.2, 0.25) is 0 Å². The summed E-state index contributed by atoms with van der Waals surface area (Å²) in [4.78, 5) is 31.0. The number of ether oxygens (including phenoxy) is 1. The van der Waals surface area contributed by atoms with Crippen LogP contribution in [-0.2, 0) is 4.79 Å². The standard InChI is InChI=1S/C26H29N3O3/c1-32-22-14-12-21(13-15-22)29(18-25(30)27-20-10-6-3-7-11-20)26(31)24-17-16-23(28-24)19-8-4-2-5-9-19/h2,4-5,8-9,12-17,20,28H,3,6-7,10-11,18H2,1H3,(H,27,30). The largest absolute Gasteiger partial charge is 0.497 e. The Morgan fingerprint density at radius 3 is 2.38 bits per heavy atom. The van der Waals surface area contributed by atoms with Crippen LogP contribution in [0.5, 0.6) is 5.75 Å². The van der Waals surface area contributed by atoms with Gasteiger partial charge in [-0.1, -0.05) is 49.6 Å². The molecule has 32 heavy (non-hydrogen) atoms. The van der Waals surface area contributed by atoms with Crippen LogP contribution in [0.3, 0.4) is 0 Å². The summed E-state index contributed by atoms with van der Waals surface area (Å²) in [7, 11) is 1.60. The first-order valence-corrected chi connectivity index (χ1v) is 11.1. The second-order valence-corrected chi connectivity index (χ2v) is 8.14. The van der Waals surface area contributed by atoms with Crippen LogP contribution < -0.4 is 15.0 Å². The molecule has 6 nitrogen and oxygen atoms in total. The Bertz CT molecular complexity index is 1040. The zero-order valence-electron chi connectivity index (χ0n) is 18.3. The molecule has 1 saturated carbocycles. The molecule has 2 aromatic carbocycles. The van der Waals surface area contributed by atoms with Crippen molar-refractivity contribution in [1.82, 2.24) is 10.3 Å². The van der Waals surface area contributed by atoms with Crippen LogP contribution in [0.4, 0.5) is 5.69 Å². The van der Waals surface area contributed by atoms with Crippen LogP contribution in [0, 0.1) is 0 Å². The third-order valence-electron chi connectivity index (χ3n) is 5.90. The summed E-state index contributed by atoms with van der Waals surface area (Å²) in [5.41, 5.74) is 2.93. The molecule has 1 aromatic heterocycles. The smallest absolute Gasteiger partial charge is 0.275 e. The summed E-state index contributed by atoms with van der Waals surface area (Å²) in [5.74, 6) is 0.297. The van der Waals surface area contributed by atoms with Crippen molar-refractivity contribution in [2.75, 3.05) is 18.6 Å². The molecule has 3 aromatic rings. The van der Waals surface area contributed by atoms with E-state index >= 15 is 0 Å². The zero-order chi connectivity index (χ0) is 22.3. The van der Waals surface area contributed by atoms with E-state index in [1.165, 1.54) is 11.3 Å². The van der Waals surface area contributed by atoms with Gasteiger partial charge in [-0.3, -0.25) is 14.5 Å². The van der Waals surface area contributed by atoms with Gasteiger partial charge in [0.2, 0.25) is 5.91 Å². The number of nitrogens with zero attached hydrogens (tertiary/aromatic N) is 1. The molecule has 2 N–H and O–H groups in total. The molecule has 1 heterocycles. The number of aromatic nitrogens is 1. The van der Waals surface area contributed by atoms with Crippen molar-refractivity contribution in [3.8, 4) is 17.0 Å². The van der Waals surface area contributed by atoms with Crippen LogP contribution >= 0.6 is 0 Å². The van der Waals surface area contributed by atoms with Gasteiger partial charge in [-0.2, -0.15) is 0 Å². The Morgan fingerprint density at radius 2 is 1.69 bits per heavy atom. The fraction of sp³-hybridized carbons (Fsp3) is 0.308. The summed E-state index contributed by atoms with van der Waals surface area (Å²) in [6.07, 6.45) is 5.49. The average Bonchev–Trinajstić information content (AvgIpc) is 3.34. The molecule has 0 bridgehead atoms. The fourth-order valence-electron chi connectivity index (χ4n) is 4.16. The second kappa shape index (κ2) is 10.2. The highest BCUT2D eigenvalue weighted by Crippen LogP contribution is 2.24. The van der Waals surface area contributed by atoms with Crippen molar-refractivity contribution in [2.24, 2.45) is 0 Å². The van der Waals surface area contributed by atoms with Gasteiger partial charge in [0, 0.05) is 17.4 Å². The molecule has 1 aliphatic rings. The number of carbonyl (C=O) groups is 2. The molecule has 166 valence electrons. The van der Waals surface area contributed by atoms with Gasteiger partial charge in [0.05, 0.1) is 7.11 Å². The number of H-pyrrole nitrogens is 1. The predicted molar refractivity (Wildman–Crippen MR) is 126 cm³/mol. The van der Waals surface area contributed by atoms with E-state index in [1.54, 1.807) is 37.4 Å². The quantitative estimate of drug-likeness (QED) is 0.565. The van der Waals surface area contributed by atoms with Gasteiger partial charge in [0.1, 0.15) is 18.0 Å². The van der Waals surface area contributed by atoms with Crippen molar-refractivity contribution < 1.29 is 14.3 Å². The lowest BCUT2D eigenvalue weighted by Crippen LogP contribution is -2.45. The summed E-state index contributed by atoms with van der Waals surface area (Å²) < 4.78 is 5.24. The third-order valence-corrected chi connectivity index (χ3v) is 5.90. The molecule has 0 radical (unpaired) electrons. The maximum absolute atomic E-state index is 13.5. The zero-order valence-corrected chi connectivity index (χ0v) is 18.3. The minimum atomic E-state index is -0.254. The van der Waals surface area contributed by atoms with Gasteiger partial charge >= 0.3 is 0 Å². The first-order chi connectivity index (χ1) is 15.6. The van der Waals surface area contributed by atoms with E-state index < -0.39 is 0 Å². The monoisotopic (exact) mass is 431 g/mol. The van der Waals surface area contributed by atoms with Crippen LogP contribution in [0.15, 0.2) is 66.7 Å². The molecule has 0 aliphatic heterocycles. The van der Waals surface area contributed by atoms with E-state index in [9.17, 15) is 9.59 Å². The number of hydrogen-bond acceptors (Lipinski definition) is 3. The first kappa shape index (κ1) is 21.7. The van der Waals surface area contributed by atoms with Gasteiger partial charge in [0.15, 0.2) is 0 Å². The van der Waals surface area contributed by atoms with E-state index in [2.05, 4.69) is 10.3 Å². The lowest BCUT2D eigenvalue weighted by molar-refractivity contribution is -0.120. The number of methoxy groups -OCH3 is 1. The molecular formula is C26H29N3O3. The van der Waals surface area contributed by atoms with Crippen molar-refractivity contribution in [3.63, 3.8) is 0 Å². The number of carbonyl (C=O) groups excluding carboxylic acids is 2. The summed E-state index contributed by atoms with van der Waals surface area (Å²) in [6, 6.07) is 20.9. The number of hydrogen-bond donors (Lipinski definition) is 2. The van der Waals surface area contributed by atoms with Crippen LogP contribution in [-0.4, -0.2) is 36.5 Å². The van der Waals surface area contributed by atoms with Crippen LogP contribution in [0.1, 0.15) is 42.6 Å². The fourth-order valence-corrected chi connectivity index (χ4v) is 4.16. The maximum Gasteiger partial charge on any atom is 0.275 e. The van der Waals surface area contributed by atoms with E-state index in [1.807, 2.05) is 36.4 Å². The second-order valence-electron chi connectivity index (χ2n) is 8.14. The third kappa shape index (κ3) is 5.19. The molecule has 1 aliphatic carbocycles. The lowest BCUT2D eigenvalue weighted by atomic mass is 9.95. The Balaban J connectivity index is 1.55. The SMILES string of the molecule is COc1ccc(N(CC(=O)NC2CCCCC2)C(=O)c2ccc(-c3ccccc3)[nH]2)cc1. The van der Waals surface area contributed by atoms with Crippen molar-refractivity contribution in [1.29, 1.82) is 0 Å². The van der Waals surface area contributed by atoms with Crippen molar-refractivity contribution >= 4 is 17.5 Å². The first-order valence-electron chi connectivity index (χ1n) is 11.1. The highest BCUT2D eigenvalue weighted by molar-refractivity contribution is 6.08. The van der Waals surface area contributed by atoms with E-state index in [0.29, 0.717) is 17.1 Å². The normalized spacial score (nSPS) is 14.0. The predicted octanol–water partition coefficient (Wildman–Crippen LogP) is 4.79. The molecule has 6 heteroatoms. The van der Waals surface area contributed by atoms with Gasteiger partial charge < -0.3 is 15.0 Å². The number of aromatic amines is 1. The molecule has 0 atom stereocenters.